The first-order chi connectivity index (χ1) is 12.6. The van der Waals surface area contributed by atoms with Crippen LogP contribution in [0.5, 0.6) is 5.75 Å². The molecule has 0 heterocycles. The second kappa shape index (κ2) is 10.3. The van der Waals surface area contributed by atoms with Crippen LogP contribution in [-0.4, -0.2) is 40.3 Å². The van der Waals surface area contributed by atoms with E-state index in [0.29, 0.717) is 6.54 Å². The van der Waals surface area contributed by atoms with Gasteiger partial charge in [-0.15, -0.1) is 0 Å². The van der Waals surface area contributed by atoms with Gasteiger partial charge in [-0.25, -0.2) is 4.99 Å². The molecule has 26 heavy (non-hydrogen) atoms. The zero-order valence-corrected chi connectivity index (χ0v) is 16.2. The number of methoxy groups -OCH3 is 1. The smallest absolute Gasteiger partial charge is 0.191 e. The Labute approximate surface area is 157 Å². The first-order valence-corrected chi connectivity index (χ1v) is 9.04. The second-order valence-electron chi connectivity index (χ2n) is 6.25. The number of hydrogen-bond acceptors (Lipinski definition) is 3. The maximum absolute atomic E-state index is 5.41. The number of anilines is 1. The maximum Gasteiger partial charge on any atom is 0.191 e. The lowest BCUT2D eigenvalue weighted by molar-refractivity contribution is 0.409. The topological polar surface area (TPSA) is 48.9 Å². The molecule has 0 amide bonds. The van der Waals surface area contributed by atoms with E-state index in [9.17, 15) is 0 Å². The molecule has 0 aliphatic heterocycles. The van der Waals surface area contributed by atoms with Crippen molar-refractivity contribution in [3.8, 4) is 5.75 Å². The van der Waals surface area contributed by atoms with Crippen LogP contribution in [-0.2, 0) is 13.0 Å². The first kappa shape index (κ1) is 19.6. The monoisotopic (exact) mass is 354 g/mol. The fourth-order valence-electron chi connectivity index (χ4n) is 2.67. The zero-order valence-electron chi connectivity index (χ0n) is 16.2. The number of nitrogens with one attached hydrogen (secondary N) is 2. The van der Waals surface area contributed by atoms with Gasteiger partial charge in [-0.05, 0) is 42.7 Å². The predicted octanol–water partition coefficient (Wildman–Crippen LogP) is 3.06. The molecule has 0 fully saturated rings. The third kappa shape index (κ3) is 5.99. The number of para-hydroxylation sites is 1. The van der Waals surface area contributed by atoms with Crippen molar-refractivity contribution >= 4 is 11.6 Å². The van der Waals surface area contributed by atoms with Crippen LogP contribution in [0.15, 0.2) is 53.5 Å². The van der Waals surface area contributed by atoms with Crippen LogP contribution in [0.25, 0.3) is 0 Å². The van der Waals surface area contributed by atoms with Crippen molar-refractivity contribution in [2.75, 3.05) is 39.2 Å². The number of rotatable bonds is 8. The molecule has 0 aromatic heterocycles. The summed E-state index contributed by atoms with van der Waals surface area (Å²) in [5, 5.41) is 6.70. The quantitative estimate of drug-likeness (QED) is 0.565. The van der Waals surface area contributed by atoms with E-state index >= 15 is 0 Å². The van der Waals surface area contributed by atoms with Gasteiger partial charge in [-0.3, -0.25) is 0 Å². The van der Waals surface area contributed by atoms with Crippen LogP contribution in [0, 0.1) is 0 Å². The van der Waals surface area contributed by atoms with E-state index in [1.807, 2.05) is 32.3 Å². The standard InChI is InChI=1S/C21H30N4O/c1-5-22-21(23-14-13-18-10-6-7-12-20(18)26-4)24-16-17-9-8-11-19(15-17)25(2)3/h6-12,15H,5,13-14,16H2,1-4H3,(H2,22,23,24). The lowest BCUT2D eigenvalue weighted by atomic mass is 10.1. The normalized spacial score (nSPS) is 11.2. The van der Waals surface area contributed by atoms with Crippen LogP contribution >= 0.6 is 0 Å². The molecule has 2 N–H and O–H groups in total. The Bertz CT molecular complexity index is 713. The summed E-state index contributed by atoms with van der Waals surface area (Å²) in [5.41, 5.74) is 3.57. The summed E-state index contributed by atoms with van der Waals surface area (Å²) in [6, 6.07) is 16.6. The summed E-state index contributed by atoms with van der Waals surface area (Å²) in [4.78, 5) is 6.80. The van der Waals surface area contributed by atoms with Crippen molar-refractivity contribution in [3.63, 3.8) is 0 Å². The molecule has 2 rings (SSSR count). The van der Waals surface area contributed by atoms with Gasteiger partial charge in [0, 0.05) is 32.9 Å². The van der Waals surface area contributed by atoms with Crippen molar-refractivity contribution in [2.45, 2.75) is 19.9 Å². The van der Waals surface area contributed by atoms with E-state index in [1.165, 1.54) is 16.8 Å². The van der Waals surface area contributed by atoms with E-state index < -0.39 is 0 Å². The summed E-state index contributed by atoms with van der Waals surface area (Å²) < 4.78 is 5.41. The second-order valence-corrected chi connectivity index (χ2v) is 6.25. The zero-order chi connectivity index (χ0) is 18.8. The maximum atomic E-state index is 5.41. The lowest BCUT2D eigenvalue weighted by Crippen LogP contribution is -2.38. The van der Waals surface area contributed by atoms with Crippen LogP contribution < -0.4 is 20.3 Å². The Kier molecular flexibility index (Phi) is 7.80. The van der Waals surface area contributed by atoms with E-state index in [1.54, 1.807) is 7.11 Å². The number of hydrogen-bond donors (Lipinski definition) is 2. The number of nitrogens with zero attached hydrogens (tertiary/aromatic N) is 2. The summed E-state index contributed by atoms with van der Waals surface area (Å²) in [6.45, 7) is 4.35. The number of guanidine groups is 1. The highest BCUT2D eigenvalue weighted by Gasteiger charge is 2.03. The Morgan fingerprint density at radius 1 is 1.08 bits per heavy atom. The van der Waals surface area contributed by atoms with Gasteiger partial charge in [0.2, 0.25) is 0 Å². The molecule has 5 heteroatoms. The van der Waals surface area contributed by atoms with E-state index in [4.69, 9.17) is 9.73 Å². The highest BCUT2D eigenvalue weighted by molar-refractivity contribution is 5.79. The average Bonchev–Trinajstić information content (AvgIpc) is 2.66. The van der Waals surface area contributed by atoms with E-state index in [0.717, 1.165) is 31.2 Å². The summed E-state index contributed by atoms with van der Waals surface area (Å²) in [7, 11) is 5.80. The van der Waals surface area contributed by atoms with Gasteiger partial charge in [0.15, 0.2) is 5.96 Å². The van der Waals surface area contributed by atoms with Gasteiger partial charge in [-0.2, -0.15) is 0 Å². The van der Waals surface area contributed by atoms with Gasteiger partial charge in [-0.1, -0.05) is 30.3 Å². The molecular formula is C21H30N4O. The predicted molar refractivity (Wildman–Crippen MR) is 110 cm³/mol. The molecule has 0 radical (unpaired) electrons. The van der Waals surface area contributed by atoms with Crippen molar-refractivity contribution < 1.29 is 4.74 Å². The molecule has 0 unspecified atom stereocenters. The molecule has 0 aliphatic carbocycles. The van der Waals surface area contributed by atoms with E-state index in [2.05, 4.69) is 52.8 Å². The molecule has 140 valence electrons. The Hall–Kier alpha value is -2.69. The molecule has 0 spiro atoms. The van der Waals surface area contributed by atoms with Crippen LogP contribution in [0.1, 0.15) is 18.1 Å². The molecular weight excluding hydrogens is 324 g/mol. The number of benzene rings is 2. The molecule has 0 aliphatic rings. The van der Waals surface area contributed by atoms with Crippen molar-refractivity contribution in [3.05, 3.63) is 59.7 Å². The molecule has 0 atom stereocenters. The number of aliphatic imine (C=N–C) groups is 1. The molecule has 0 saturated heterocycles. The summed E-state index contributed by atoms with van der Waals surface area (Å²) >= 11 is 0. The third-order valence-electron chi connectivity index (χ3n) is 4.07. The fraction of sp³-hybridized carbons (Fsp3) is 0.381. The Morgan fingerprint density at radius 2 is 1.88 bits per heavy atom. The molecule has 0 bridgehead atoms. The Morgan fingerprint density at radius 3 is 2.62 bits per heavy atom. The minimum atomic E-state index is 0.645. The van der Waals surface area contributed by atoms with Gasteiger partial charge >= 0.3 is 0 Å². The molecule has 2 aromatic carbocycles. The minimum absolute atomic E-state index is 0.645. The van der Waals surface area contributed by atoms with Gasteiger partial charge in [0.25, 0.3) is 0 Å². The number of ether oxygens (including phenoxy) is 1. The molecule has 2 aromatic rings. The largest absolute Gasteiger partial charge is 0.496 e. The molecule has 0 saturated carbocycles. The Balaban J connectivity index is 1.95. The average molecular weight is 354 g/mol. The first-order valence-electron chi connectivity index (χ1n) is 9.04. The van der Waals surface area contributed by atoms with Crippen molar-refractivity contribution in [2.24, 2.45) is 4.99 Å². The van der Waals surface area contributed by atoms with Crippen LogP contribution in [0.3, 0.4) is 0 Å². The van der Waals surface area contributed by atoms with Crippen molar-refractivity contribution in [1.29, 1.82) is 0 Å². The van der Waals surface area contributed by atoms with Crippen molar-refractivity contribution in [1.82, 2.24) is 10.6 Å². The van der Waals surface area contributed by atoms with Gasteiger partial charge in [0.1, 0.15) is 5.75 Å². The summed E-state index contributed by atoms with van der Waals surface area (Å²) in [6.07, 6.45) is 0.880. The minimum Gasteiger partial charge on any atom is -0.496 e. The lowest BCUT2D eigenvalue weighted by Gasteiger charge is -2.14. The van der Waals surface area contributed by atoms with Gasteiger partial charge in [0.05, 0.1) is 13.7 Å². The van der Waals surface area contributed by atoms with Crippen LogP contribution in [0.4, 0.5) is 5.69 Å². The van der Waals surface area contributed by atoms with E-state index in [-0.39, 0.29) is 0 Å². The molecule has 5 nitrogen and oxygen atoms in total. The highest BCUT2D eigenvalue weighted by Crippen LogP contribution is 2.17. The SMILES string of the molecule is CCNC(=NCc1cccc(N(C)C)c1)NCCc1ccccc1OC. The van der Waals surface area contributed by atoms with Crippen LogP contribution in [0.2, 0.25) is 0 Å². The third-order valence-corrected chi connectivity index (χ3v) is 4.07. The van der Waals surface area contributed by atoms with Gasteiger partial charge < -0.3 is 20.3 Å². The highest BCUT2D eigenvalue weighted by atomic mass is 16.5. The summed E-state index contributed by atoms with van der Waals surface area (Å²) in [5.74, 6) is 1.76. The fourth-order valence-corrected chi connectivity index (χ4v) is 2.67.